The van der Waals surface area contributed by atoms with Crippen LogP contribution in [0.1, 0.15) is 5.69 Å². The van der Waals surface area contributed by atoms with Gasteiger partial charge in [0.2, 0.25) is 0 Å². The molecule has 0 unspecified atom stereocenters. The van der Waals surface area contributed by atoms with Gasteiger partial charge in [-0.05, 0) is 13.0 Å². The average molecular weight is 151 g/mol. The third-order valence-electron chi connectivity index (χ3n) is 1.47. The summed E-state index contributed by atoms with van der Waals surface area (Å²) < 4.78 is 0. The van der Waals surface area contributed by atoms with Crippen LogP contribution in [-0.2, 0) is 0 Å². The second-order valence-corrected chi connectivity index (χ2v) is 2.79. The van der Waals surface area contributed by atoms with E-state index in [0.717, 1.165) is 11.4 Å². The number of nitrogen functional groups attached to an aromatic ring is 1. The van der Waals surface area contributed by atoms with Crippen molar-refractivity contribution in [2.45, 2.75) is 6.92 Å². The quantitative estimate of drug-likeness (QED) is 0.652. The van der Waals surface area contributed by atoms with Gasteiger partial charge in [-0.2, -0.15) is 0 Å². The van der Waals surface area contributed by atoms with Gasteiger partial charge in [-0.15, -0.1) is 0 Å². The van der Waals surface area contributed by atoms with Crippen LogP contribution in [0.15, 0.2) is 12.1 Å². The SMILES string of the molecule is Cc1cc(N(C)C)cc(N)n1. The number of hydrogen-bond acceptors (Lipinski definition) is 3. The van der Waals surface area contributed by atoms with Gasteiger partial charge in [0.05, 0.1) is 0 Å². The van der Waals surface area contributed by atoms with Gasteiger partial charge in [0.25, 0.3) is 0 Å². The summed E-state index contributed by atoms with van der Waals surface area (Å²) in [7, 11) is 3.96. The van der Waals surface area contributed by atoms with Crippen LogP contribution in [0, 0.1) is 6.92 Å². The maximum absolute atomic E-state index is 5.56. The smallest absolute Gasteiger partial charge is 0.125 e. The highest BCUT2D eigenvalue weighted by atomic mass is 15.1. The zero-order valence-electron chi connectivity index (χ0n) is 7.13. The van der Waals surface area contributed by atoms with Crippen molar-refractivity contribution in [1.29, 1.82) is 0 Å². The number of pyridine rings is 1. The fourth-order valence-electron chi connectivity index (χ4n) is 0.934. The summed E-state index contributed by atoms with van der Waals surface area (Å²) in [6.45, 7) is 1.93. The van der Waals surface area contributed by atoms with Crippen molar-refractivity contribution in [3.05, 3.63) is 17.8 Å². The maximum atomic E-state index is 5.56. The standard InChI is InChI=1S/C8H13N3/c1-6-4-7(11(2)3)5-8(9)10-6/h4-5H,1-3H3,(H2,9,10). The number of hydrogen-bond donors (Lipinski definition) is 1. The van der Waals surface area contributed by atoms with Gasteiger partial charge < -0.3 is 10.6 Å². The molecule has 0 aliphatic rings. The topological polar surface area (TPSA) is 42.1 Å². The van der Waals surface area contributed by atoms with Gasteiger partial charge in [-0.3, -0.25) is 0 Å². The Morgan fingerprint density at radius 3 is 2.45 bits per heavy atom. The summed E-state index contributed by atoms with van der Waals surface area (Å²) >= 11 is 0. The molecule has 3 heteroatoms. The lowest BCUT2D eigenvalue weighted by atomic mass is 10.3. The summed E-state index contributed by atoms with van der Waals surface area (Å²) in [5.41, 5.74) is 7.60. The molecule has 0 radical (unpaired) electrons. The normalized spacial score (nSPS) is 9.73. The Morgan fingerprint density at radius 1 is 1.36 bits per heavy atom. The molecule has 0 saturated carbocycles. The van der Waals surface area contributed by atoms with Crippen LogP contribution in [0.2, 0.25) is 0 Å². The Bertz CT molecular complexity index is 235. The first kappa shape index (κ1) is 7.85. The number of aromatic nitrogens is 1. The Hall–Kier alpha value is -1.25. The van der Waals surface area contributed by atoms with Crippen LogP contribution < -0.4 is 10.6 Å². The van der Waals surface area contributed by atoms with Gasteiger partial charge in [0.15, 0.2) is 0 Å². The molecule has 0 saturated heterocycles. The van der Waals surface area contributed by atoms with E-state index in [-0.39, 0.29) is 0 Å². The van der Waals surface area contributed by atoms with Gasteiger partial charge in [-0.1, -0.05) is 0 Å². The minimum Gasteiger partial charge on any atom is -0.384 e. The van der Waals surface area contributed by atoms with Crippen molar-refractivity contribution >= 4 is 11.5 Å². The van der Waals surface area contributed by atoms with E-state index in [1.54, 1.807) is 0 Å². The van der Waals surface area contributed by atoms with Crippen LogP contribution in [0.4, 0.5) is 11.5 Å². The third kappa shape index (κ3) is 1.83. The molecule has 0 spiro atoms. The summed E-state index contributed by atoms with van der Waals surface area (Å²) in [6, 6.07) is 3.85. The molecule has 0 aromatic carbocycles. The molecule has 1 rings (SSSR count). The van der Waals surface area contributed by atoms with E-state index >= 15 is 0 Å². The van der Waals surface area contributed by atoms with Crippen LogP contribution in [0.25, 0.3) is 0 Å². The molecule has 0 fully saturated rings. The van der Waals surface area contributed by atoms with Crippen LogP contribution >= 0.6 is 0 Å². The largest absolute Gasteiger partial charge is 0.384 e. The van der Waals surface area contributed by atoms with Gasteiger partial charge in [-0.25, -0.2) is 4.98 Å². The highest BCUT2D eigenvalue weighted by Crippen LogP contribution is 2.14. The highest BCUT2D eigenvalue weighted by molar-refractivity contribution is 5.52. The van der Waals surface area contributed by atoms with E-state index in [1.807, 2.05) is 38.1 Å². The fraction of sp³-hybridized carbons (Fsp3) is 0.375. The maximum Gasteiger partial charge on any atom is 0.125 e. The van der Waals surface area contributed by atoms with E-state index in [4.69, 9.17) is 5.73 Å². The molecule has 3 nitrogen and oxygen atoms in total. The number of rotatable bonds is 1. The van der Waals surface area contributed by atoms with Gasteiger partial charge in [0, 0.05) is 31.5 Å². The van der Waals surface area contributed by atoms with Crippen molar-refractivity contribution in [1.82, 2.24) is 4.98 Å². The minimum atomic E-state index is 0.578. The molecular formula is C8H13N3. The molecule has 2 N–H and O–H groups in total. The molecule has 1 heterocycles. The summed E-state index contributed by atoms with van der Waals surface area (Å²) in [4.78, 5) is 6.07. The van der Waals surface area contributed by atoms with Crippen molar-refractivity contribution in [2.75, 3.05) is 24.7 Å². The summed E-state index contributed by atoms with van der Waals surface area (Å²) in [6.07, 6.45) is 0. The third-order valence-corrected chi connectivity index (χ3v) is 1.47. The predicted molar refractivity (Wildman–Crippen MR) is 47.7 cm³/mol. The lowest BCUT2D eigenvalue weighted by molar-refractivity contribution is 1.10. The van der Waals surface area contributed by atoms with Crippen molar-refractivity contribution in [3.8, 4) is 0 Å². The van der Waals surface area contributed by atoms with Gasteiger partial charge >= 0.3 is 0 Å². The molecule has 1 aromatic rings. The lowest BCUT2D eigenvalue weighted by Gasteiger charge is -2.12. The zero-order chi connectivity index (χ0) is 8.43. The lowest BCUT2D eigenvalue weighted by Crippen LogP contribution is -2.09. The van der Waals surface area contributed by atoms with E-state index in [9.17, 15) is 0 Å². The van der Waals surface area contributed by atoms with E-state index in [1.165, 1.54) is 0 Å². The predicted octanol–water partition coefficient (Wildman–Crippen LogP) is 1.04. The van der Waals surface area contributed by atoms with E-state index in [0.29, 0.717) is 5.82 Å². The number of nitrogens with two attached hydrogens (primary N) is 1. The molecule has 0 amide bonds. The van der Waals surface area contributed by atoms with E-state index in [2.05, 4.69) is 4.98 Å². The minimum absolute atomic E-state index is 0.578. The molecule has 60 valence electrons. The Kier molecular flexibility index (Phi) is 1.98. The molecule has 0 bridgehead atoms. The Morgan fingerprint density at radius 2 is 2.00 bits per heavy atom. The van der Waals surface area contributed by atoms with E-state index < -0.39 is 0 Å². The molecular weight excluding hydrogens is 138 g/mol. The van der Waals surface area contributed by atoms with Crippen LogP contribution in [0.3, 0.4) is 0 Å². The fourth-order valence-corrected chi connectivity index (χ4v) is 0.934. The molecule has 0 aliphatic carbocycles. The Balaban J connectivity index is 3.08. The first-order chi connectivity index (χ1) is 5.09. The first-order valence-corrected chi connectivity index (χ1v) is 3.51. The monoisotopic (exact) mass is 151 g/mol. The molecule has 0 aliphatic heterocycles. The Labute approximate surface area is 66.8 Å². The first-order valence-electron chi connectivity index (χ1n) is 3.51. The highest BCUT2D eigenvalue weighted by Gasteiger charge is 1.97. The summed E-state index contributed by atoms with van der Waals surface area (Å²) in [5, 5.41) is 0. The molecule has 11 heavy (non-hydrogen) atoms. The van der Waals surface area contributed by atoms with Crippen molar-refractivity contribution < 1.29 is 0 Å². The number of nitrogens with zero attached hydrogens (tertiary/aromatic N) is 2. The van der Waals surface area contributed by atoms with Crippen molar-refractivity contribution in [2.24, 2.45) is 0 Å². The van der Waals surface area contributed by atoms with Crippen molar-refractivity contribution in [3.63, 3.8) is 0 Å². The zero-order valence-corrected chi connectivity index (χ0v) is 7.13. The average Bonchev–Trinajstić information content (AvgIpc) is 1.85. The number of anilines is 2. The molecule has 0 atom stereocenters. The summed E-state index contributed by atoms with van der Waals surface area (Å²) in [5.74, 6) is 0.578. The number of aryl methyl sites for hydroxylation is 1. The van der Waals surface area contributed by atoms with Gasteiger partial charge in [0.1, 0.15) is 5.82 Å². The van der Waals surface area contributed by atoms with Crippen LogP contribution in [0.5, 0.6) is 0 Å². The second-order valence-electron chi connectivity index (χ2n) is 2.79. The second kappa shape index (κ2) is 2.78. The molecule has 1 aromatic heterocycles. The van der Waals surface area contributed by atoms with Crippen LogP contribution in [-0.4, -0.2) is 19.1 Å².